The van der Waals surface area contributed by atoms with Crippen molar-refractivity contribution in [2.24, 2.45) is 0 Å². The molecule has 0 aliphatic rings. The van der Waals surface area contributed by atoms with E-state index in [-0.39, 0.29) is 15.6 Å². The largest absolute Gasteiger partial charge is 0.279 e. The van der Waals surface area contributed by atoms with Gasteiger partial charge in [0.2, 0.25) is 0 Å². The van der Waals surface area contributed by atoms with E-state index < -0.39 is 15.8 Å². The molecule has 0 radical (unpaired) electrons. The number of hydrogen-bond donors (Lipinski definition) is 1. The summed E-state index contributed by atoms with van der Waals surface area (Å²) in [5, 5.41) is 4.33. The van der Waals surface area contributed by atoms with E-state index in [1.54, 1.807) is 24.3 Å². The van der Waals surface area contributed by atoms with E-state index in [9.17, 15) is 12.8 Å². The quantitative estimate of drug-likeness (QED) is 0.480. The summed E-state index contributed by atoms with van der Waals surface area (Å²) in [6.45, 7) is 0. The minimum absolute atomic E-state index is 0.00648. The molecule has 0 atom stereocenters. The van der Waals surface area contributed by atoms with E-state index in [4.69, 9.17) is 11.6 Å². The summed E-state index contributed by atoms with van der Waals surface area (Å²) in [5.74, 6) is -0.628. The standard InChI is InChI=1S/C21H15ClFN3O2S/c22-18-13-16(11-12-19(18)23)25-29(27,28)20-14-26(17-9-5-2-6-10-17)24-21(20)15-7-3-1-4-8-15/h1-14,25H. The van der Waals surface area contributed by atoms with Crippen molar-refractivity contribution in [1.82, 2.24) is 9.78 Å². The maximum absolute atomic E-state index is 13.4. The molecule has 0 unspecified atom stereocenters. The van der Waals surface area contributed by atoms with Gasteiger partial charge < -0.3 is 0 Å². The number of para-hydroxylation sites is 1. The zero-order chi connectivity index (χ0) is 20.4. The van der Waals surface area contributed by atoms with Crippen molar-refractivity contribution < 1.29 is 12.8 Å². The first kappa shape index (κ1) is 19.2. The van der Waals surface area contributed by atoms with Crippen molar-refractivity contribution in [2.75, 3.05) is 4.72 Å². The zero-order valence-corrected chi connectivity index (χ0v) is 16.5. The Kier molecular flexibility index (Phi) is 5.08. The SMILES string of the molecule is O=S(=O)(Nc1ccc(F)c(Cl)c1)c1cn(-c2ccccc2)nc1-c1ccccc1. The van der Waals surface area contributed by atoms with E-state index in [1.807, 2.05) is 36.4 Å². The fourth-order valence-corrected chi connectivity index (χ4v) is 4.21. The van der Waals surface area contributed by atoms with Gasteiger partial charge in [-0.15, -0.1) is 0 Å². The fourth-order valence-electron chi connectivity index (χ4n) is 2.83. The molecule has 5 nitrogen and oxygen atoms in total. The average molecular weight is 428 g/mol. The summed E-state index contributed by atoms with van der Waals surface area (Å²) in [7, 11) is -4.02. The molecule has 1 aromatic heterocycles. The Balaban J connectivity index is 1.82. The molecule has 0 saturated heterocycles. The zero-order valence-electron chi connectivity index (χ0n) is 15.0. The molecule has 3 aromatic carbocycles. The third-order valence-corrected chi connectivity index (χ3v) is 5.88. The molecule has 0 aliphatic carbocycles. The van der Waals surface area contributed by atoms with Gasteiger partial charge in [0.05, 0.1) is 22.6 Å². The second kappa shape index (κ2) is 7.69. The number of benzene rings is 3. The molecule has 4 aromatic rings. The molecule has 146 valence electrons. The Morgan fingerprint density at radius 1 is 0.931 bits per heavy atom. The minimum Gasteiger partial charge on any atom is -0.279 e. The van der Waals surface area contributed by atoms with Crippen molar-refractivity contribution in [3.63, 3.8) is 0 Å². The van der Waals surface area contributed by atoms with Crippen molar-refractivity contribution in [2.45, 2.75) is 4.90 Å². The molecule has 0 spiro atoms. The highest BCUT2D eigenvalue weighted by Gasteiger charge is 2.24. The molecule has 1 heterocycles. The molecule has 1 N–H and O–H groups in total. The lowest BCUT2D eigenvalue weighted by Gasteiger charge is -2.08. The van der Waals surface area contributed by atoms with Crippen LogP contribution in [0, 0.1) is 5.82 Å². The lowest BCUT2D eigenvalue weighted by atomic mass is 10.2. The highest BCUT2D eigenvalue weighted by Crippen LogP contribution is 2.29. The number of nitrogens with zero attached hydrogens (tertiary/aromatic N) is 2. The highest BCUT2D eigenvalue weighted by molar-refractivity contribution is 7.92. The van der Waals surface area contributed by atoms with Gasteiger partial charge in [0.25, 0.3) is 10.0 Å². The number of aromatic nitrogens is 2. The third-order valence-electron chi connectivity index (χ3n) is 4.21. The van der Waals surface area contributed by atoms with Gasteiger partial charge >= 0.3 is 0 Å². The lowest BCUT2D eigenvalue weighted by Crippen LogP contribution is -2.13. The van der Waals surface area contributed by atoms with Crippen molar-refractivity contribution >= 4 is 27.3 Å². The Morgan fingerprint density at radius 2 is 1.59 bits per heavy atom. The van der Waals surface area contributed by atoms with Gasteiger partial charge in [-0.05, 0) is 30.3 Å². The van der Waals surface area contributed by atoms with Crippen LogP contribution in [0.3, 0.4) is 0 Å². The smallest absolute Gasteiger partial charge is 0.265 e. The van der Waals surface area contributed by atoms with Crippen LogP contribution in [0.25, 0.3) is 16.9 Å². The second-order valence-corrected chi connectivity index (χ2v) is 8.28. The Hall–Kier alpha value is -3.16. The van der Waals surface area contributed by atoms with Crippen LogP contribution in [0.15, 0.2) is 90.0 Å². The van der Waals surface area contributed by atoms with Crippen LogP contribution < -0.4 is 4.72 Å². The first-order valence-corrected chi connectivity index (χ1v) is 10.5. The van der Waals surface area contributed by atoms with Crippen LogP contribution in [-0.2, 0) is 10.0 Å². The summed E-state index contributed by atoms with van der Waals surface area (Å²) < 4.78 is 43.6. The van der Waals surface area contributed by atoms with E-state index >= 15 is 0 Å². The van der Waals surface area contributed by atoms with Crippen molar-refractivity contribution in [3.8, 4) is 16.9 Å². The molecule has 4 rings (SSSR count). The number of halogens is 2. The molecule has 0 amide bonds. The summed E-state index contributed by atoms with van der Waals surface area (Å²) in [5.41, 5.74) is 1.83. The Morgan fingerprint density at radius 3 is 2.24 bits per heavy atom. The van der Waals surface area contributed by atoms with Crippen LogP contribution in [0.4, 0.5) is 10.1 Å². The van der Waals surface area contributed by atoms with Crippen LogP contribution in [0.2, 0.25) is 5.02 Å². The first-order valence-electron chi connectivity index (χ1n) is 8.62. The average Bonchev–Trinajstić information content (AvgIpc) is 3.19. The topological polar surface area (TPSA) is 64.0 Å². The maximum Gasteiger partial charge on any atom is 0.265 e. The molecule has 0 aliphatic heterocycles. The number of hydrogen-bond acceptors (Lipinski definition) is 3. The Labute approximate surface area is 172 Å². The van der Waals surface area contributed by atoms with Gasteiger partial charge in [0.1, 0.15) is 16.4 Å². The highest BCUT2D eigenvalue weighted by atomic mass is 35.5. The second-order valence-electron chi connectivity index (χ2n) is 6.22. The maximum atomic E-state index is 13.4. The number of nitrogens with one attached hydrogen (secondary N) is 1. The van der Waals surface area contributed by atoms with Crippen molar-refractivity contribution in [1.29, 1.82) is 0 Å². The van der Waals surface area contributed by atoms with Gasteiger partial charge in [-0.2, -0.15) is 5.10 Å². The molecule has 8 heteroatoms. The monoisotopic (exact) mass is 427 g/mol. The molecular formula is C21H15ClFN3O2S. The van der Waals surface area contributed by atoms with Gasteiger partial charge in [0.15, 0.2) is 0 Å². The molecule has 29 heavy (non-hydrogen) atoms. The van der Waals surface area contributed by atoms with Crippen LogP contribution >= 0.6 is 11.6 Å². The van der Waals surface area contributed by atoms with Gasteiger partial charge in [0, 0.05) is 5.56 Å². The van der Waals surface area contributed by atoms with Crippen LogP contribution in [-0.4, -0.2) is 18.2 Å². The van der Waals surface area contributed by atoms with Crippen molar-refractivity contribution in [3.05, 3.63) is 95.9 Å². The predicted octanol–water partition coefficient (Wildman–Crippen LogP) is 5.13. The van der Waals surface area contributed by atoms with E-state index in [2.05, 4.69) is 9.82 Å². The van der Waals surface area contributed by atoms with Crippen LogP contribution in [0.5, 0.6) is 0 Å². The summed E-state index contributed by atoms with van der Waals surface area (Å²) >= 11 is 5.77. The lowest BCUT2D eigenvalue weighted by molar-refractivity contribution is 0.601. The first-order chi connectivity index (χ1) is 13.9. The summed E-state index contributed by atoms with van der Waals surface area (Å²) in [6, 6.07) is 21.8. The molecule has 0 fully saturated rings. The van der Waals surface area contributed by atoms with E-state index in [0.29, 0.717) is 11.3 Å². The normalized spacial score (nSPS) is 11.4. The summed E-state index contributed by atoms with van der Waals surface area (Å²) in [6.07, 6.45) is 1.45. The molecule has 0 saturated carbocycles. The minimum atomic E-state index is -4.02. The van der Waals surface area contributed by atoms with Gasteiger partial charge in [-0.1, -0.05) is 60.1 Å². The number of anilines is 1. The summed E-state index contributed by atoms with van der Waals surface area (Å²) in [4.78, 5) is -0.00648. The Bertz CT molecular complexity index is 1260. The number of sulfonamides is 1. The third kappa shape index (κ3) is 4.01. The predicted molar refractivity (Wildman–Crippen MR) is 111 cm³/mol. The molecular weight excluding hydrogens is 413 g/mol. The van der Waals surface area contributed by atoms with E-state index in [1.165, 1.54) is 23.0 Å². The van der Waals surface area contributed by atoms with Gasteiger partial charge in [-0.3, -0.25) is 4.72 Å². The number of rotatable bonds is 5. The molecule has 0 bridgehead atoms. The van der Waals surface area contributed by atoms with E-state index in [0.717, 1.165) is 11.8 Å². The van der Waals surface area contributed by atoms with Crippen LogP contribution in [0.1, 0.15) is 0 Å². The fraction of sp³-hybridized carbons (Fsp3) is 0. The van der Waals surface area contributed by atoms with Gasteiger partial charge in [-0.25, -0.2) is 17.5 Å².